The van der Waals surface area contributed by atoms with E-state index in [4.69, 9.17) is 12.2 Å². The van der Waals surface area contributed by atoms with E-state index < -0.39 is 0 Å². The number of aromatic nitrogens is 2. The van der Waals surface area contributed by atoms with Crippen LogP contribution in [0.25, 0.3) is 11.0 Å². The van der Waals surface area contributed by atoms with Gasteiger partial charge >= 0.3 is 0 Å². The highest BCUT2D eigenvalue weighted by Gasteiger charge is 2.19. The number of benzene rings is 1. The highest BCUT2D eigenvalue weighted by Crippen LogP contribution is 2.21. The molecule has 1 N–H and O–H groups in total. The van der Waals surface area contributed by atoms with Crippen molar-refractivity contribution in [2.45, 2.75) is 19.9 Å². The Morgan fingerprint density at radius 1 is 1.44 bits per heavy atom. The average molecular weight is 263 g/mol. The summed E-state index contributed by atoms with van der Waals surface area (Å²) < 4.78 is 2.46. The number of aryl methyl sites for hydroxylation is 1. The van der Waals surface area contributed by atoms with Crippen molar-refractivity contribution < 1.29 is 4.79 Å². The number of rotatable bonds is 2. The number of nitrogens with one attached hydrogen (secondary N) is 1. The van der Waals surface area contributed by atoms with Crippen LogP contribution in [0.5, 0.6) is 0 Å². The fourth-order valence-electron chi connectivity index (χ4n) is 2.10. The number of carbonyl (C=O) groups is 1. The first-order valence-electron chi connectivity index (χ1n) is 5.84. The van der Waals surface area contributed by atoms with E-state index in [1.807, 2.05) is 36.6 Å². The summed E-state index contributed by atoms with van der Waals surface area (Å²) in [5.74, 6) is 0.0357. The number of nitrogens with zero attached hydrogens (tertiary/aromatic N) is 2. The number of H-pyrrole nitrogens is 1. The number of imidazole rings is 1. The topological polar surface area (TPSA) is 41.0 Å². The van der Waals surface area contributed by atoms with E-state index >= 15 is 0 Å². The molecule has 96 valence electrons. The van der Waals surface area contributed by atoms with Gasteiger partial charge < -0.3 is 14.5 Å². The molecule has 0 aliphatic carbocycles. The van der Waals surface area contributed by atoms with Crippen molar-refractivity contribution in [1.82, 2.24) is 14.5 Å². The van der Waals surface area contributed by atoms with Gasteiger partial charge in [0.05, 0.1) is 11.0 Å². The largest absolute Gasteiger partial charge is 0.347 e. The third kappa shape index (κ3) is 2.06. The van der Waals surface area contributed by atoms with Crippen molar-refractivity contribution in [2.24, 2.45) is 0 Å². The Balaban J connectivity index is 2.63. The minimum Gasteiger partial charge on any atom is -0.347 e. The lowest BCUT2D eigenvalue weighted by Crippen LogP contribution is -2.29. The van der Waals surface area contributed by atoms with Crippen molar-refractivity contribution in [1.29, 1.82) is 0 Å². The van der Waals surface area contributed by atoms with Crippen LogP contribution in [0.3, 0.4) is 0 Å². The first kappa shape index (κ1) is 12.8. The Hall–Kier alpha value is -1.62. The summed E-state index contributed by atoms with van der Waals surface area (Å²) in [5.41, 5.74) is 3.08. The highest BCUT2D eigenvalue weighted by molar-refractivity contribution is 7.71. The van der Waals surface area contributed by atoms with Crippen LogP contribution in [0.2, 0.25) is 0 Å². The first-order valence-corrected chi connectivity index (χ1v) is 6.24. The molecule has 0 saturated heterocycles. The molecule has 0 bridgehead atoms. The first-order chi connectivity index (χ1) is 8.41. The second kappa shape index (κ2) is 4.57. The van der Waals surface area contributed by atoms with Gasteiger partial charge in [0.2, 0.25) is 5.91 Å². The van der Waals surface area contributed by atoms with Crippen LogP contribution in [0.15, 0.2) is 18.2 Å². The molecule has 5 heteroatoms. The molecule has 0 saturated carbocycles. The maximum atomic E-state index is 12.1. The number of carbonyl (C=O) groups excluding carboxylic acids is 1. The smallest absolute Gasteiger partial charge is 0.244 e. The number of hydrogen-bond acceptors (Lipinski definition) is 2. The SMILES string of the molecule is Cc1ccc2[nH]c(=S)n(C(C)C(=O)N(C)C)c2c1. The van der Waals surface area contributed by atoms with Gasteiger partial charge in [0.1, 0.15) is 6.04 Å². The molecular formula is C13H17N3OS. The predicted molar refractivity (Wildman–Crippen MR) is 75.3 cm³/mol. The van der Waals surface area contributed by atoms with Gasteiger partial charge in [0.15, 0.2) is 4.77 Å². The summed E-state index contributed by atoms with van der Waals surface area (Å²) in [5, 5.41) is 0. The molecule has 0 radical (unpaired) electrons. The van der Waals surface area contributed by atoms with Gasteiger partial charge in [-0.1, -0.05) is 6.07 Å². The van der Waals surface area contributed by atoms with E-state index in [1.54, 1.807) is 19.0 Å². The fraction of sp³-hybridized carbons (Fsp3) is 0.385. The lowest BCUT2D eigenvalue weighted by molar-refractivity contribution is -0.131. The minimum atomic E-state index is -0.303. The van der Waals surface area contributed by atoms with E-state index in [2.05, 4.69) is 4.98 Å². The molecule has 2 aromatic rings. The van der Waals surface area contributed by atoms with E-state index in [0.29, 0.717) is 4.77 Å². The molecule has 18 heavy (non-hydrogen) atoms. The van der Waals surface area contributed by atoms with Crippen molar-refractivity contribution in [3.8, 4) is 0 Å². The van der Waals surface area contributed by atoms with E-state index in [1.165, 1.54) is 0 Å². The quantitative estimate of drug-likeness (QED) is 0.846. The molecule has 4 nitrogen and oxygen atoms in total. The Morgan fingerprint density at radius 3 is 2.72 bits per heavy atom. The second-order valence-electron chi connectivity index (χ2n) is 4.73. The maximum Gasteiger partial charge on any atom is 0.244 e. The summed E-state index contributed by atoms with van der Waals surface area (Å²) in [6.07, 6.45) is 0. The van der Waals surface area contributed by atoms with Gasteiger partial charge in [-0.25, -0.2) is 0 Å². The number of amides is 1. The second-order valence-corrected chi connectivity index (χ2v) is 5.12. The van der Waals surface area contributed by atoms with E-state index in [0.717, 1.165) is 16.6 Å². The van der Waals surface area contributed by atoms with Crippen LogP contribution in [-0.2, 0) is 4.79 Å². The molecule has 1 atom stereocenters. The lowest BCUT2D eigenvalue weighted by Gasteiger charge is -2.18. The highest BCUT2D eigenvalue weighted by atomic mass is 32.1. The molecule has 0 aliphatic rings. The van der Waals surface area contributed by atoms with Gasteiger partial charge in [-0.2, -0.15) is 0 Å². The average Bonchev–Trinajstić information content (AvgIpc) is 2.62. The molecule has 1 aromatic carbocycles. The predicted octanol–water partition coefficient (Wildman–Crippen LogP) is 2.66. The third-order valence-electron chi connectivity index (χ3n) is 3.06. The van der Waals surface area contributed by atoms with Gasteiger partial charge in [-0.3, -0.25) is 4.79 Å². The van der Waals surface area contributed by atoms with Crippen molar-refractivity contribution >= 4 is 29.2 Å². The lowest BCUT2D eigenvalue weighted by atomic mass is 10.2. The number of hydrogen-bond donors (Lipinski definition) is 1. The Bertz CT molecular complexity index is 654. The zero-order valence-corrected chi connectivity index (χ0v) is 11.8. The monoisotopic (exact) mass is 263 g/mol. The van der Waals surface area contributed by atoms with Crippen LogP contribution in [0.4, 0.5) is 0 Å². The van der Waals surface area contributed by atoms with Gasteiger partial charge in [0, 0.05) is 14.1 Å². The standard InChI is InChI=1S/C13H17N3OS/c1-8-5-6-10-11(7-8)16(13(18)14-10)9(2)12(17)15(3)4/h5-7,9H,1-4H3,(H,14,18). The Morgan fingerprint density at radius 2 is 2.11 bits per heavy atom. The van der Waals surface area contributed by atoms with Crippen molar-refractivity contribution in [2.75, 3.05) is 14.1 Å². The zero-order valence-electron chi connectivity index (χ0n) is 11.0. The van der Waals surface area contributed by atoms with Crippen LogP contribution in [-0.4, -0.2) is 34.5 Å². The Kier molecular flexibility index (Phi) is 3.26. The normalized spacial score (nSPS) is 12.7. The van der Waals surface area contributed by atoms with Gasteiger partial charge in [-0.05, 0) is 43.8 Å². The number of aromatic amines is 1. The summed E-state index contributed by atoms with van der Waals surface area (Å²) in [6.45, 7) is 3.89. The fourth-order valence-corrected chi connectivity index (χ4v) is 2.47. The zero-order chi connectivity index (χ0) is 13.4. The summed E-state index contributed by atoms with van der Waals surface area (Å²) >= 11 is 5.31. The summed E-state index contributed by atoms with van der Waals surface area (Å²) in [4.78, 5) is 16.8. The Labute approximate surface area is 111 Å². The summed E-state index contributed by atoms with van der Waals surface area (Å²) in [7, 11) is 3.51. The molecule has 0 fully saturated rings. The molecule has 1 aromatic heterocycles. The number of likely N-dealkylation sites (N-methyl/N-ethyl adjacent to an activating group) is 1. The van der Waals surface area contributed by atoms with E-state index in [-0.39, 0.29) is 11.9 Å². The third-order valence-corrected chi connectivity index (χ3v) is 3.36. The van der Waals surface area contributed by atoms with E-state index in [9.17, 15) is 4.79 Å². The van der Waals surface area contributed by atoms with Crippen LogP contribution < -0.4 is 0 Å². The van der Waals surface area contributed by atoms with Gasteiger partial charge in [0.25, 0.3) is 0 Å². The molecule has 1 amide bonds. The molecular weight excluding hydrogens is 246 g/mol. The molecule has 1 unspecified atom stereocenters. The summed E-state index contributed by atoms with van der Waals surface area (Å²) in [6, 6.07) is 5.75. The minimum absolute atomic E-state index is 0.0357. The molecule has 0 aliphatic heterocycles. The maximum absolute atomic E-state index is 12.1. The van der Waals surface area contributed by atoms with Gasteiger partial charge in [-0.15, -0.1) is 0 Å². The van der Waals surface area contributed by atoms with Crippen molar-refractivity contribution in [3.63, 3.8) is 0 Å². The van der Waals surface area contributed by atoms with Crippen molar-refractivity contribution in [3.05, 3.63) is 28.5 Å². The van der Waals surface area contributed by atoms with Crippen LogP contribution >= 0.6 is 12.2 Å². The molecule has 1 heterocycles. The molecule has 2 rings (SSSR count). The van der Waals surface area contributed by atoms with Crippen LogP contribution in [0, 0.1) is 11.7 Å². The molecule has 0 spiro atoms. The number of fused-ring (bicyclic) bond motifs is 1. The van der Waals surface area contributed by atoms with Crippen LogP contribution in [0.1, 0.15) is 18.5 Å².